The van der Waals surface area contributed by atoms with Crippen LogP contribution in [0.25, 0.3) is 0 Å². The zero-order valence-corrected chi connectivity index (χ0v) is 12.3. The fourth-order valence-corrected chi connectivity index (χ4v) is 2.46. The van der Waals surface area contributed by atoms with Gasteiger partial charge in [0, 0.05) is 12.5 Å². The Morgan fingerprint density at radius 1 is 1.10 bits per heavy atom. The molecule has 0 unspecified atom stereocenters. The van der Waals surface area contributed by atoms with Gasteiger partial charge in [0.05, 0.1) is 6.54 Å². The second-order valence-corrected chi connectivity index (χ2v) is 5.39. The summed E-state index contributed by atoms with van der Waals surface area (Å²) < 4.78 is 5.95. The van der Waals surface area contributed by atoms with Gasteiger partial charge in [-0.05, 0) is 24.1 Å². The minimum atomic E-state index is 0.420. The lowest BCUT2D eigenvalue weighted by atomic mass is 10.0. The van der Waals surface area contributed by atoms with Crippen molar-refractivity contribution in [1.82, 2.24) is 5.32 Å². The SMILES string of the molecule is C[C@H]1CN=C(COc2ccccc2Cc2ccccc2)N1. The Bertz CT molecular complexity index is 622. The monoisotopic (exact) mass is 280 g/mol. The molecule has 3 nitrogen and oxygen atoms in total. The van der Waals surface area contributed by atoms with Gasteiger partial charge in [0.1, 0.15) is 18.2 Å². The first kappa shape index (κ1) is 13.7. The molecule has 21 heavy (non-hydrogen) atoms. The zero-order chi connectivity index (χ0) is 14.5. The molecule has 0 radical (unpaired) electrons. The van der Waals surface area contributed by atoms with Crippen LogP contribution in [0.1, 0.15) is 18.1 Å². The van der Waals surface area contributed by atoms with E-state index in [0.29, 0.717) is 12.6 Å². The maximum absolute atomic E-state index is 5.95. The molecule has 2 aromatic rings. The Morgan fingerprint density at radius 2 is 1.86 bits per heavy atom. The molecule has 0 spiro atoms. The highest BCUT2D eigenvalue weighted by Crippen LogP contribution is 2.21. The minimum absolute atomic E-state index is 0.420. The van der Waals surface area contributed by atoms with Gasteiger partial charge in [-0.2, -0.15) is 0 Å². The molecule has 1 aliphatic rings. The normalized spacial score (nSPS) is 17.2. The third-order valence-electron chi connectivity index (χ3n) is 3.54. The summed E-state index contributed by atoms with van der Waals surface area (Å²) in [6.45, 7) is 3.47. The number of amidine groups is 1. The average molecular weight is 280 g/mol. The number of ether oxygens (including phenoxy) is 1. The molecule has 1 aliphatic heterocycles. The number of para-hydroxylation sites is 1. The molecule has 3 heteroatoms. The van der Waals surface area contributed by atoms with Gasteiger partial charge in [0.25, 0.3) is 0 Å². The summed E-state index contributed by atoms with van der Waals surface area (Å²) in [5, 5.41) is 3.32. The highest BCUT2D eigenvalue weighted by molar-refractivity contribution is 5.85. The van der Waals surface area contributed by atoms with Crippen LogP contribution in [0.15, 0.2) is 59.6 Å². The Balaban J connectivity index is 1.68. The van der Waals surface area contributed by atoms with Crippen molar-refractivity contribution in [2.75, 3.05) is 13.2 Å². The van der Waals surface area contributed by atoms with E-state index in [1.54, 1.807) is 0 Å². The van der Waals surface area contributed by atoms with Gasteiger partial charge in [0.15, 0.2) is 0 Å². The number of hydrogen-bond donors (Lipinski definition) is 1. The van der Waals surface area contributed by atoms with E-state index in [-0.39, 0.29) is 0 Å². The maximum atomic E-state index is 5.95. The van der Waals surface area contributed by atoms with Gasteiger partial charge in [-0.3, -0.25) is 4.99 Å². The van der Waals surface area contributed by atoms with Crippen LogP contribution in [-0.2, 0) is 6.42 Å². The van der Waals surface area contributed by atoms with Crippen LogP contribution in [0, 0.1) is 0 Å². The molecule has 1 heterocycles. The van der Waals surface area contributed by atoms with Crippen molar-refractivity contribution < 1.29 is 4.74 Å². The molecule has 108 valence electrons. The molecule has 0 aliphatic carbocycles. The second kappa shape index (κ2) is 6.44. The highest BCUT2D eigenvalue weighted by Gasteiger charge is 2.13. The molecule has 3 rings (SSSR count). The summed E-state index contributed by atoms with van der Waals surface area (Å²) >= 11 is 0. The van der Waals surface area contributed by atoms with E-state index >= 15 is 0 Å². The molecule has 1 N–H and O–H groups in total. The third-order valence-corrected chi connectivity index (χ3v) is 3.54. The third kappa shape index (κ3) is 3.63. The van der Waals surface area contributed by atoms with E-state index in [4.69, 9.17) is 4.74 Å². The summed E-state index contributed by atoms with van der Waals surface area (Å²) in [5.41, 5.74) is 2.49. The molecular weight excluding hydrogens is 260 g/mol. The van der Waals surface area contributed by atoms with E-state index in [9.17, 15) is 0 Å². The standard InChI is InChI=1S/C18H20N2O/c1-14-12-19-18(20-14)13-21-17-10-6-5-9-16(17)11-15-7-3-2-4-8-15/h2-10,14H,11-13H2,1H3,(H,19,20)/t14-/m0/s1. The van der Waals surface area contributed by atoms with Crippen molar-refractivity contribution in [3.8, 4) is 5.75 Å². The summed E-state index contributed by atoms with van der Waals surface area (Å²) in [5.74, 6) is 1.88. The zero-order valence-electron chi connectivity index (χ0n) is 12.3. The van der Waals surface area contributed by atoms with E-state index in [2.05, 4.69) is 53.6 Å². The van der Waals surface area contributed by atoms with Crippen molar-refractivity contribution in [1.29, 1.82) is 0 Å². The van der Waals surface area contributed by atoms with Crippen molar-refractivity contribution in [2.24, 2.45) is 4.99 Å². The van der Waals surface area contributed by atoms with Crippen LogP contribution < -0.4 is 10.1 Å². The predicted octanol–water partition coefficient (Wildman–Crippen LogP) is 3.05. The molecule has 0 bridgehead atoms. The molecule has 1 atom stereocenters. The van der Waals surface area contributed by atoms with Crippen molar-refractivity contribution >= 4 is 5.84 Å². The number of aliphatic imine (C=N–C) groups is 1. The molecule has 0 saturated carbocycles. The quantitative estimate of drug-likeness (QED) is 0.913. The first-order valence-corrected chi connectivity index (χ1v) is 7.36. The van der Waals surface area contributed by atoms with Gasteiger partial charge < -0.3 is 10.1 Å². The van der Waals surface area contributed by atoms with Crippen LogP contribution in [-0.4, -0.2) is 25.0 Å². The maximum Gasteiger partial charge on any atom is 0.145 e. The molecule has 0 fully saturated rings. The fraction of sp³-hybridized carbons (Fsp3) is 0.278. The number of rotatable bonds is 5. The summed E-state index contributed by atoms with van der Waals surface area (Å²) in [4.78, 5) is 4.43. The lowest BCUT2D eigenvalue weighted by Gasteiger charge is -2.12. The molecule has 0 aromatic heterocycles. The van der Waals surface area contributed by atoms with Crippen LogP contribution in [0.3, 0.4) is 0 Å². The van der Waals surface area contributed by atoms with Gasteiger partial charge in [-0.15, -0.1) is 0 Å². The number of nitrogens with zero attached hydrogens (tertiary/aromatic N) is 1. The number of nitrogens with one attached hydrogen (secondary N) is 1. The predicted molar refractivity (Wildman–Crippen MR) is 86.1 cm³/mol. The Hall–Kier alpha value is -2.29. The van der Waals surface area contributed by atoms with Gasteiger partial charge in [0.2, 0.25) is 0 Å². The Kier molecular flexibility index (Phi) is 4.20. The van der Waals surface area contributed by atoms with E-state index in [0.717, 1.165) is 24.6 Å². The molecule has 0 amide bonds. The molecule has 0 saturated heterocycles. The van der Waals surface area contributed by atoms with Crippen molar-refractivity contribution in [3.05, 3.63) is 65.7 Å². The van der Waals surface area contributed by atoms with Crippen LogP contribution in [0.2, 0.25) is 0 Å². The molecular formula is C18H20N2O. The second-order valence-electron chi connectivity index (χ2n) is 5.39. The highest BCUT2D eigenvalue weighted by atomic mass is 16.5. The van der Waals surface area contributed by atoms with Gasteiger partial charge in [-0.1, -0.05) is 48.5 Å². The minimum Gasteiger partial charge on any atom is -0.485 e. The van der Waals surface area contributed by atoms with Crippen LogP contribution in [0.5, 0.6) is 5.75 Å². The first-order chi connectivity index (χ1) is 10.3. The summed E-state index contributed by atoms with van der Waals surface area (Å²) in [6.07, 6.45) is 0.882. The van der Waals surface area contributed by atoms with Crippen molar-refractivity contribution in [2.45, 2.75) is 19.4 Å². The smallest absolute Gasteiger partial charge is 0.145 e. The largest absolute Gasteiger partial charge is 0.485 e. The van der Waals surface area contributed by atoms with Crippen molar-refractivity contribution in [3.63, 3.8) is 0 Å². The number of benzene rings is 2. The fourth-order valence-electron chi connectivity index (χ4n) is 2.46. The lowest BCUT2D eigenvalue weighted by Crippen LogP contribution is -2.31. The summed E-state index contributed by atoms with van der Waals surface area (Å²) in [7, 11) is 0. The van der Waals surface area contributed by atoms with Gasteiger partial charge in [-0.25, -0.2) is 0 Å². The lowest BCUT2D eigenvalue weighted by molar-refractivity contribution is 0.369. The van der Waals surface area contributed by atoms with Crippen LogP contribution >= 0.6 is 0 Å². The van der Waals surface area contributed by atoms with Gasteiger partial charge >= 0.3 is 0 Å². The summed E-state index contributed by atoms with van der Waals surface area (Å²) in [6, 6.07) is 19.1. The molecule has 2 aromatic carbocycles. The van der Waals surface area contributed by atoms with Crippen LogP contribution in [0.4, 0.5) is 0 Å². The Morgan fingerprint density at radius 3 is 2.62 bits per heavy atom. The van der Waals surface area contributed by atoms with E-state index in [1.165, 1.54) is 11.1 Å². The average Bonchev–Trinajstić information content (AvgIpc) is 2.93. The van der Waals surface area contributed by atoms with E-state index < -0.39 is 0 Å². The van der Waals surface area contributed by atoms with E-state index in [1.807, 2.05) is 18.2 Å². The number of hydrogen-bond acceptors (Lipinski definition) is 3. The Labute approximate surface area is 125 Å². The first-order valence-electron chi connectivity index (χ1n) is 7.36. The topological polar surface area (TPSA) is 33.6 Å².